The second kappa shape index (κ2) is 28.0. The molecule has 1 aliphatic heterocycles. The van der Waals surface area contributed by atoms with Gasteiger partial charge in [-0.25, -0.2) is 4.79 Å². The minimum Gasteiger partial charge on any atom is -0.451 e. The van der Waals surface area contributed by atoms with Crippen LogP contribution in [-0.2, 0) is 38.3 Å². The van der Waals surface area contributed by atoms with Crippen molar-refractivity contribution in [2.45, 2.75) is 214 Å². The van der Waals surface area contributed by atoms with Crippen molar-refractivity contribution in [2.24, 2.45) is 29.6 Å². The number of unbranched alkanes of at least 4 members (excludes halogenated alkanes) is 2. The molecule has 14 nitrogen and oxygen atoms in total. The fraction of sp³-hybridized carbons (Fsp3) is 0.837. The summed E-state index contributed by atoms with van der Waals surface area (Å²) in [5.74, 6) is -4.31. The van der Waals surface area contributed by atoms with Crippen molar-refractivity contribution in [1.82, 2.24) is 25.3 Å². The smallest absolute Gasteiger partial charge is 0.329 e. The lowest BCUT2D eigenvalue weighted by molar-refractivity contribution is -0.163. The maximum absolute atomic E-state index is 14.7. The Hall–Kier alpha value is -4.02. The number of hydrogen-bond acceptors (Lipinski definition) is 9. The number of ketones is 1. The van der Waals surface area contributed by atoms with Gasteiger partial charge < -0.3 is 30.1 Å². The molecule has 358 valence electrons. The zero-order valence-corrected chi connectivity index (χ0v) is 40.8. The first-order valence-corrected chi connectivity index (χ1v) is 24.3. The molecule has 14 heteroatoms. The number of nitriles is 1. The van der Waals surface area contributed by atoms with Crippen LogP contribution in [0.3, 0.4) is 0 Å². The summed E-state index contributed by atoms with van der Waals surface area (Å²) in [6, 6.07) is -3.13. The number of likely N-dealkylation sites (N-methyl/N-ethyl adjacent to an activating group) is 3. The summed E-state index contributed by atoms with van der Waals surface area (Å²) in [7, 11) is 4.62. The summed E-state index contributed by atoms with van der Waals surface area (Å²) in [5, 5.41) is 15.4. The highest BCUT2D eigenvalue weighted by Crippen LogP contribution is 2.30. The number of carbonyl (C=O) groups excluding carboxylic acids is 7. The van der Waals surface area contributed by atoms with Crippen molar-refractivity contribution in [2.75, 3.05) is 21.1 Å². The first kappa shape index (κ1) is 55.1. The third-order valence-corrected chi connectivity index (χ3v) is 13.5. The highest BCUT2D eigenvalue weighted by Gasteiger charge is 2.41. The molecule has 1 unspecified atom stereocenters. The fourth-order valence-electron chi connectivity index (χ4n) is 9.15. The van der Waals surface area contributed by atoms with Crippen molar-refractivity contribution in [3.05, 3.63) is 0 Å². The van der Waals surface area contributed by atoms with E-state index in [-0.39, 0.29) is 61.0 Å². The topological polar surface area (TPSA) is 186 Å². The van der Waals surface area contributed by atoms with Crippen molar-refractivity contribution < 1.29 is 38.3 Å². The van der Waals surface area contributed by atoms with Crippen LogP contribution in [0.2, 0.25) is 0 Å². The van der Waals surface area contributed by atoms with Crippen LogP contribution >= 0.6 is 0 Å². The van der Waals surface area contributed by atoms with Gasteiger partial charge in [-0.3, -0.25) is 28.8 Å². The molecule has 5 amide bonds. The number of cyclic esters (lactones) is 1. The van der Waals surface area contributed by atoms with Gasteiger partial charge in [0.05, 0.1) is 12.1 Å². The SMILES string of the molecule is CCCC[C@@H](C)CC1NC(=O)[C@H](CC2CCCCC2)N(C)C(=O)[C@H](CC)CC(=O)[C@H](CC(C)C)N(C)C(=O)[C@H](C[C@H](C)CCCC)NC(=O)[C@@H](CCC#N)OC(=O)[C@H](C)N(C)C1=O. The van der Waals surface area contributed by atoms with Crippen LogP contribution in [0.1, 0.15) is 177 Å². The van der Waals surface area contributed by atoms with E-state index in [2.05, 4.69) is 24.5 Å². The molecule has 2 N–H and O–H groups in total. The summed E-state index contributed by atoms with van der Waals surface area (Å²) >= 11 is 0. The van der Waals surface area contributed by atoms with Gasteiger partial charge in [0.15, 0.2) is 11.9 Å². The van der Waals surface area contributed by atoms with Crippen LogP contribution in [0.5, 0.6) is 0 Å². The predicted octanol–water partition coefficient (Wildman–Crippen LogP) is 7.12. The molecule has 63 heavy (non-hydrogen) atoms. The molecule has 0 radical (unpaired) electrons. The number of amides is 5. The number of esters is 1. The van der Waals surface area contributed by atoms with Gasteiger partial charge in [-0.2, -0.15) is 5.26 Å². The van der Waals surface area contributed by atoms with Crippen LogP contribution in [-0.4, -0.2) is 113 Å². The molecule has 2 aliphatic rings. The number of carbonyl (C=O) groups is 7. The number of nitrogens with zero attached hydrogens (tertiary/aromatic N) is 4. The Morgan fingerprint density at radius 2 is 1.24 bits per heavy atom. The average Bonchev–Trinajstić information content (AvgIpc) is 3.26. The molecule has 0 spiro atoms. The highest BCUT2D eigenvalue weighted by molar-refractivity contribution is 5.97. The lowest BCUT2D eigenvalue weighted by Crippen LogP contribution is -2.57. The summed E-state index contributed by atoms with van der Waals surface area (Å²) < 4.78 is 5.80. The molecule has 0 aromatic rings. The van der Waals surface area contributed by atoms with E-state index in [1.807, 2.05) is 40.7 Å². The molecule has 1 aliphatic carbocycles. The average molecular weight is 885 g/mol. The molecular formula is C49H84N6O8. The molecule has 0 bridgehead atoms. The third-order valence-electron chi connectivity index (χ3n) is 13.5. The van der Waals surface area contributed by atoms with Gasteiger partial charge in [0.1, 0.15) is 24.2 Å². The molecule has 9 atom stereocenters. The van der Waals surface area contributed by atoms with Crippen LogP contribution in [0, 0.1) is 40.9 Å². The zero-order chi connectivity index (χ0) is 47.4. The normalized spacial score (nSPS) is 27.1. The standard InChI is InChI=1S/C49H84N6O8/c1-12-15-21-33(6)28-38-47(60)53(9)35(8)49(62)63-43(25-20-26-50)45(58)52-39(29-34(7)22-16-13-2)48(61)54(10)40(27-32(4)5)42(56)31-37(14-3)46(59)55(11)41(44(57)51-38)30-36-23-18-17-19-24-36/h32-41,43H,12-25,27-31H2,1-11H3,(H,51,57)(H,52,58)/t33-,34-,35+,37-,38?,39+,40+,41+,43-/m1/s1. The van der Waals surface area contributed by atoms with Gasteiger partial charge in [0.2, 0.25) is 23.6 Å². The van der Waals surface area contributed by atoms with E-state index in [1.165, 1.54) is 28.7 Å². The predicted molar refractivity (Wildman–Crippen MR) is 245 cm³/mol. The first-order valence-electron chi connectivity index (χ1n) is 24.3. The van der Waals surface area contributed by atoms with E-state index < -0.39 is 71.8 Å². The van der Waals surface area contributed by atoms with Crippen molar-refractivity contribution in [3.8, 4) is 6.07 Å². The lowest BCUT2D eigenvalue weighted by atomic mass is 9.83. The van der Waals surface area contributed by atoms with Crippen LogP contribution < -0.4 is 10.6 Å². The Kier molecular flexibility index (Phi) is 24.5. The molecule has 1 saturated heterocycles. The first-order chi connectivity index (χ1) is 29.8. The van der Waals surface area contributed by atoms with Crippen LogP contribution in [0.15, 0.2) is 0 Å². The molecule has 0 aromatic heterocycles. The van der Waals surface area contributed by atoms with Gasteiger partial charge in [-0.15, -0.1) is 0 Å². The van der Waals surface area contributed by atoms with Gasteiger partial charge in [-0.05, 0) is 62.7 Å². The van der Waals surface area contributed by atoms with E-state index in [0.29, 0.717) is 25.7 Å². The number of Topliss-reactive ketones (excluding diaryl/α,β-unsaturated/α-hetero) is 1. The van der Waals surface area contributed by atoms with E-state index in [4.69, 9.17) is 4.74 Å². The van der Waals surface area contributed by atoms with E-state index >= 15 is 0 Å². The Labute approximate surface area is 379 Å². The molecule has 2 rings (SSSR count). The molecule has 2 fully saturated rings. The quantitative estimate of drug-likeness (QED) is 0.144. The molecule has 1 heterocycles. The number of ether oxygens (including phenoxy) is 1. The van der Waals surface area contributed by atoms with Crippen molar-refractivity contribution in [1.29, 1.82) is 5.26 Å². The fourth-order valence-corrected chi connectivity index (χ4v) is 9.15. The second-order valence-corrected chi connectivity index (χ2v) is 19.4. The van der Waals surface area contributed by atoms with E-state index in [9.17, 15) is 38.8 Å². The Balaban J connectivity index is 2.81. The van der Waals surface area contributed by atoms with E-state index in [1.54, 1.807) is 14.1 Å². The van der Waals surface area contributed by atoms with Gasteiger partial charge in [0, 0.05) is 46.3 Å². The maximum Gasteiger partial charge on any atom is 0.329 e. The molecular weight excluding hydrogens is 801 g/mol. The largest absolute Gasteiger partial charge is 0.451 e. The number of nitrogens with one attached hydrogen (secondary N) is 2. The van der Waals surface area contributed by atoms with Crippen LogP contribution in [0.4, 0.5) is 0 Å². The summed E-state index contributed by atoms with van der Waals surface area (Å²) in [6.07, 6.45) is 10.1. The minimum absolute atomic E-state index is 0.00235. The Morgan fingerprint density at radius 3 is 1.75 bits per heavy atom. The number of rotatable bonds is 17. The van der Waals surface area contributed by atoms with Gasteiger partial charge in [-0.1, -0.05) is 119 Å². The molecule has 0 aromatic carbocycles. The Bertz CT molecular complexity index is 1540. The third kappa shape index (κ3) is 17.5. The highest BCUT2D eigenvalue weighted by atomic mass is 16.5. The maximum atomic E-state index is 14.7. The van der Waals surface area contributed by atoms with Gasteiger partial charge >= 0.3 is 5.97 Å². The number of hydrogen-bond donors (Lipinski definition) is 2. The monoisotopic (exact) mass is 885 g/mol. The molecule has 1 saturated carbocycles. The second-order valence-electron chi connectivity index (χ2n) is 19.4. The van der Waals surface area contributed by atoms with Crippen LogP contribution in [0.25, 0.3) is 0 Å². The van der Waals surface area contributed by atoms with E-state index in [0.717, 1.165) is 70.6 Å². The minimum atomic E-state index is -1.45. The summed E-state index contributed by atoms with van der Waals surface area (Å²) in [5.41, 5.74) is 0. The van der Waals surface area contributed by atoms with Crippen molar-refractivity contribution >= 4 is 41.3 Å². The summed E-state index contributed by atoms with van der Waals surface area (Å²) in [4.78, 5) is 105. The lowest BCUT2D eigenvalue weighted by Gasteiger charge is -2.36. The summed E-state index contributed by atoms with van der Waals surface area (Å²) in [6.45, 7) is 15.4. The van der Waals surface area contributed by atoms with Crippen molar-refractivity contribution in [3.63, 3.8) is 0 Å². The zero-order valence-electron chi connectivity index (χ0n) is 40.8. The Morgan fingerprint density at radius 1 is 0.714 bits per heavy atom. The van der Waals surface area contributed by atoms with Gasteiger partial charge in [0.25, 0.3) is 5.91 Å².